The highest BCUT2D eigenvalue weighted by molar-refractivity contribution is 7.99. The quantitative estimate of drug-likeness (QED) is 0.380. The summed E-state index contributed by atoms with van der Waals surface area (Å²) in [6, 6.07) is 24.0. The van der Waals surface area contributed by atoms with E-state index in [-0.39, 0.29) is 5.78 Å². The summed E-state index contributed by atoms with van der Waals surface area (Å²) in [4.78, 5) is 20.6. The second kappa shape index (κ2) is 7.68. The predicted octanol–water partition coefficient (Wildman–Crippen LogP) is 5.06. The number of nitrogens with zero attached hydrogens (tertiary/aromatic N) is 2. The molecule has 0 aliphatic heterocycles. The number of aryl methyl sites for hydroxylation is 1. The highest BCUT2D eigenvalue weighted by Crippen LogP contribution is 2.32. The molecule has 2 heterocycles. The molecule has 0 unspecified atom stereocenters. The SMILES string of the molecule is Cn1cccc1C(=O)CSc1nc(-c2ccccc2)c(-c2ccccc2)[nH]1. The molecule has 0 saturated heterocycles. The van der Waals surface area contributed by atoms with Crippen LogP contribution in [0.15, 0.2) is 84.1 Å². The van der Waals surface area contributed by atoms with Crippen molar-refractivity contribution in [3.63, 3.8) is 0 Å². The summed E-state index contributed by atoms with van der Waals surface area (Å²) in [7, 11) is 1.88. The van der Waals surface area contributed by atoms with Gasteiger partial charge in [-0.15, -0.1) is 0 Å². The maximum absolute atomic E-state index is 12.4. The van der Waals surface area contributed by atoms with Gasteiger partial charge in [-0.2, -0.15) is 0 Å². The smallest absolute Gasteiger partial charge is 0.189 e. The third-order valence-corrected chi connectivity index (χ3v) is 5.23. The number of Topliss-reactive ketones (excluding diaryl/α,β-unsaturated/α-hetero) is 1. The van der Waals surface area contributed by atoms with Crippen LogP contribution in [0.2, 0.25) is 0 Å². The summed E-state index contributed by atoms with van der Waals surface area (Å²) in [5, 5.41) is 0.746. The number of carbonyl (C=O) groups is 1. The van der Waals surface area contributed by atoms with Crippen LogP contribution in [0.1, 0.15) is 10.5 Å². The maximum Gasteiger partial charge on any atom is 0.189 e. The topological polar surface area (TPSA) is 50.7 Å². The Morgan fingerprint density at radius 1 is 0.963 bits per heavy atom. The van der Waals surface area contributed by atoms with Crippen molar-refractivity contribution in [1.82, 2.24) is 14.5 Å². The summed E-state index contributed by atoms with van der Waals surface area (Å²) in [5.41, 5.74) is 4.70. The van der Waals surface area contributed by atoms with Gasteiger partial charge in [0.15, 0.2) is 10.9 Å². The van der Waals surface area contributed by atoms with Gasteiger partial charge in [0.25, 0.3) is 0 Å². The number of thioether (sulfide) groups is 1. The number of ketones is 1. The average Bonchev–Trinajstić information content (AvgIpc) is 3.34. The molecule has 0 saturated carbocycles. The zero-order valence-corrected chi connectivity index (χ0v) is 15.7. The van der Waals surface area contributed by atoms with Crippen molar-refractivity contribution < 1.29 is 4.79 Å². The zero-order chi connectivity index (χ0) is 18.6. The molecule has 0 aliphatic rings. The molecule has 0 fully saturated rings. The van der Waals surface area contributed by atoms with E-state index in [0.29, 0.717) is 11.4 Å². The Bertz CT molecular complexity index is 995. The minimum absolute atomic E-state index is 0.0893. The lowest BCUT2D eigenvalue weighted by Gasteiger charge is -2.02. The molecular weight excluding hydrogens is 354 g/mol. The van der Waals surface area contributed by atoms with Gasteiger partial charge >= 0.3 is 0 Å². The van der Waals surface area contributed by atoms with E-state index in [4.69, 9.17) is 4.98 Å². The van der Waals surface area contributed by atoms with E-state index in [1.807, 2.05) is 78.5 Å². The molecule has 1 N–H and O–H groups in total. The minimum atomic E-state index is 0.0893. The number of aromatic amines is 1. The van der Waals surface area contributed by atoms with Crippen LogP contribution in [-0.4, -0.2) is 26.1 Å². The van der Waals surface area contributed by atoms with Gasteiger partial charge in [0.2, 0.25) is 0 Å². The normalized spacial score (nSPS) is 10.9. The van der Waals surface area contributed by atoms with E-state index in [0.717, 1.165) is 27.7 Å². The molecule has 0 aliphatic carbocycles. The van der Waals surface area contributed by atoms with Crippen molar-refractivity contribution in [2.24, 2.45) is 7.05 Å². The van der Waals surface area contributed by atoms with Gasteiger partial charge in [-0.1, -0.05) is 72.4 Å². The van der Waals surface area contributed by atoms with E-state index in [9.17, 15) is 4.79 Å². The van der Waals surface area contributed by atoms with E-state index in [1.54, 1.807) is 0 Å². The first-order valence-corrected chi connectivity index (χ1v) is 9.69. The van der Waals surface area contributed by atoms with Gasteiger partial charge in [0.1, 0.15) is 0 Å². The van der Waals surface area contributed by atoms with Gasteiger partial charge in [-0.3, -0.25) is 4.79 Å². The summed E-state index contributed by atoms with van der Waals surface area (Å²) < 4.78 is 1.84. The van der Waals surface area contributed by atoms with Crippen LogP contribution in [0.25, 0.3) is 22.5 Å². The van der Waals surface area contributed by atoms with Gasteiger partial charge in [0.05, 0.1) is 22.8 Å². The second-order valence-electron chi connectivity index (χ2n) is 6.21. The van der Waals surface area contributed by atoms with Crippen molar-refractivity contribution in [3.8, 4) is 22.5 Å². The van der Waals surface area contributed by atoms with Crippen molar-refractivity contribution in [2.75, 3.05) is 5.75 Å². The third-order valence-electron chi connectivity index (χ3n) is 4.36. The number of nitrogens with one attached hydrogen (secondary N) is 1. The van der Waals surface area contributed by atoms with E-state index < -0.39 is 0 Å². The number of hydrogen-bond acceptors (Lipinski definition) is 3. The molecule has 4 rings (SSSR count). The standard InChI is InChI=1S/C22H19N3OS/c1-25-14-8-13-18(25)19(26)15-27-22-23-20(16-9-4-2-5-10-16)21(24-22)17-11-6-3-7-12-17/h2-14H,15H2,1H3,(H,23,24). The maximum atomic E-state index is 12.4. The van der Waals surface area contributed by atoms with E-state index in [1.165, 1.54) is 11.8 Å². The van der Waals surface area contributed by atoms with Crippen LogP contribution in [-0.2, 0) is 7.05 Å². The Labute approximate surface area is 162 Å². The van der Waals surface area contributed by atoms with Crippen molar-refractivity contribution >= 4 is 17.5 Å². The predicted molar refractivity (Wildman–Crippen MR) is 110 cm³/mol. The Morgan fingerprint density at radius 3 is 2.26 bits per heavy atom. The van der Waals surface area contributed by atoms with Gasteiger partial charge in [-0.25, -0.2) is 4.98 Å². The van der Waals surface area contributed by atoms with Crippen molar-refractivity contribution in [2.45, 2.75) is 5.16 Å². The molecule has 4 nitrogen and oxygen atoms in total. The Kier molecular flexibility index (Phi) is 4.94. The number of aromatic nitrogens is 3. The molecule has 0 spiro atoms. The average molecular weight is 373 g/mol. The molecule has 0 bridgehead atoms. The Hall–Kier alpha value is -3.05. The number of carbonyl (C=O) groups excluding carboxylic acids is 1. The van der Waals surface area contributed by atoms with Crippen LogP contribution in [0.5, 0.6) is 0 Å². The van der Waals surface area contributed by atoms with E-state index >= 15 is 0 Å². The summed E-state index contributed by atoms with van der Waals surface area (Å²) in [5.74, 6) is 0.430. The molecule has 2 aromatic carbocycles. The summed E-state index contributed by atoms with van der Waals surface area (Å²) in [6.45, 7) is 0. The first-order valence-electron chi connectivity index (χ1n) is 8.70. The van der Waals surface area contributed by atoms with Crippen LogP contribution in [0.4, 0.5) is 0 Å². The number of benzene rings is 2. The van der Waals surface area contributed by atoms with Crippen LogP contribution in [0, 0.1) is 0 Å². The largest absolute Gasteiger partial charge is 0.348 e. The lowest BCUT2D eigenvalue weighted by molar-refractivity contribution is 0.101. The number of rotatable bonds is 6. The highest BCUT2D eigenvalue weighted by Gasteiger charge is 2.16. The minimum Gasteiger partial charge on any atom is -0.348 e. The van der Waals surface area contributed by atoms with Gasteiger partial charge in [0, 0.05) is 24.4 Å². The molecule has 27 heavy (non-hydrogen) atoms. The van der Waals surface area contributed by atoms with Crippen molar-refractivity contribution in [3.05, 3.63) is 84.7 Å². The van der Waals surface area contributed by atoms with Gasteiger partial charge < -0.3 is 9.55 Å². The van der Waals surface area contributed by atoms with E-state index in [2.05, 4.69) is 17.1 Å². The zero-order valence-electron chi connectivity index (χ0n) is 14.9. The first kappa shape index (κ1) is 17.4. The van der Waals surface area contributed by atoms with Gasteiger partial charge in [-0.05, 0) is 12.1 Å². The summed E-state index contributed by atoms with van der Waals surface area (Å²) >= 11 is 1.43. The fourth-order valence-corrected chi connectivity index (χ4v) is 3.74. The fraction of sp³-hybridized carbons (Fsp3) is 0.0909. The molecule has 0 radical (unpaired) electrons. The van der Waals surface area contributed by atoms with Crippen LogP contribution in [0.3, 0.4) is 0 Å². The van der Waals surface area contributed by atoms with Crippen LogP contribution >= 0.6 is 11.8 Å². The highest BCUT2D eigenvalue weighted by atomic mass is 32.2. The molecule has 0 amide bonds. The Morgan fingerprint density at radius 2 is 1.63 bits per heavy atom. The second-order valence-corrected chi connectivity index (χ2v) is 7.18. The van der Waals surface area contributed by atoms with Crippen LogP contribution < -0.4 is 0 Å². The summed E-state index contributed by atoms with van der Waals surface area (Å²) in [6.07, 6.45) is 1.88. The molecule has 134 valence electrons. The third kappa shape index (κ3) is 3.73. The lowest BCUT2D eigenvalue weighted by Crippen LogP contribution is -2.07. The molecule has 0 atom stereocenters. The molecular formula is C22H19N3OS. The monoisotopic (exact) mass is 373 g/mol. The lowest BCUT2D eigenvalue weighted by atomic mass is 10.1. The number of H-pyrrole nitrogens is 1. The Balaban J connectivity index is 1.63. The molecule has 4 aromatic rings. The molecule has 5 heteroatoms. The fourth-order valence-electron chi connectivity index (χ4n) is 3.00. The number of hydrogen-bond donors (Lipinski definition) is 1. The van der Waals surface area contributed by atoms with Crippen molar-refractivity contribution in [1.29, 1.82) is 0 Å². The first-order chi connectivity index (χ1) is 13.2. The molecule has 2 aromatic heterocycles. The number of imidazole rings is 1.